The molecule has 1 aromatic carbocycles. The Morgan fingerprint density at radius 2 is 1.64 bits per heavy atom. The highest BCUT2D eigenvalue weighted by molar-refractivity contribution is 6.30. The Labute approximate surface area is 273 Å². The normalized spacial score (nSPS) is 41.0. The van der Waals surface area contributed by atoms with Crippen LogP contribution in [0.5, 0.6) is 0 Å². The Hall–Kier alpha value is -1.32. The SMILES string of the molecule is CC(=O)OC1CCC2(C)C(CCC3(C)C2CCC2C4=C(C(C)C)CCC4(CCNCc4ccc(Cl)cc4)CCC23C)C1(C)C. The third-order valence-corrected chi connectivity index (χ3v) is 15.3. The van der Waals surface area contributed by atoms with E-state index in [1.807, 2.05) is 23.3 Å². The van der Waals surface area contributed by atoms with Crippen LogP contribution < -0.4 is 5.32 Å². The van der Waals surface area contributed by atoms with Crippen LogP contribution in [0.25, 0.3) is 0 Å². The molecule has 0 spiro atoms. The molecule has 0 bridgehead atoms. The molecular formula is C40H60ClNO2. The fraction of sp³-hybridized carbons (Fsp3) is 0.775. The summed E-state index contributed by atoms with van der Waals surface area (Å²) in [5.41, 5.74) is 6.48. The lowest BCUT2D eigenvalue weighted by Gasteiger charge is -2.72. The van der Waals surface area contributed by atoms with Crippen molar-refractivity contribution in [2.24, 2.45) is 50.7 Å². The molecule has 6 rings (SSSR count). The van der Waals surface area contributed by atoms with Gasteiger partial charge in [0.15, 0.2) is 0 Å². The molecule has 0 aromatic heterocycles. The van der Waals surface area contributed by atoms with Crippen molar-refractivity contribution >= 4 is 17.6 Å². The first-order valence-electron chi connectivity index (χ1n) is 18.0. The predicted molar refractivity (Wildman–Crippen MR) is 182 cm³/mol. The molecule has 44 heavy (non-hydrogen) atoms. The van der Waals surface area contributed by atoms with Crippen LogP contribution in [0.2, 0.25) is 5.02 Å². The zero-order chi connectivity index (χ0) is 31.7. The van der Waals surface area contributed by atoms with Crippen molar-refractivity contribution in [2.75, 3.05) is 6.54 Å². The average molecular weight is 622 g/mol. The molecule has 5 aliphatic carbocycles. The highest BCUT2D eigenvalue weighted by Gasteiger charge is 2.69. The first-order valence-corrected chi connectivity index (χ1v) is 18.4. The molecule has 244 valence electrons. The molecule has 4 saturated carbocycles. The zero-order valence-electron chi connectivity index (χ0n) is 29.1. The molecule has 1 N–H and O–H groups in total. The number of halogens is 1. The molecule has 0 radical (unpaired) electrons. The Balaban J connectivity index is 1.26. The smallest absolute Gasteiger partial charge is 0.302 e. The van der Waals surface area contributed by atoms with Gasteiger partial charge in [0.1, 0.15) is 6.10 Å². The minimum absolute atomic E-state index is 0.0251. The Kier molecular flexibility index (Phi) is 8.47. The van der Waals surface area contributed by atoms with Crippen molar-refractivity contribution in [1.29, 1.82) is 0 Å². The number of carbonyl (C=O) groups excluding carboxylic acids is 1. The van der Waals surface area contributed by atoms with Crippen LogP contribution in [0.3, 0.4) is 0 Å². The van der Waals surface area contributed by atoms with E-state index in [2.05, 4.69) is 65.9 Å². The summed E-state index contributed by atoms with van der Waals surface area (Å²) >= 11 is 6.13. The summed E-state index contributed by atoms with van der Waals surface area (Å²) < 4.78 is 5.97. The van der Waals surface area contributed by atoms with Crippen molar-refractivity contribution in [1.82, 2.24) is 5.32 Å². The third kappa shape index (κ3) is 4.96. The minimum atomic E-state index is -0.114. The van der Waals surface area contributed by atoms with Crippen LogP contribution in [-0.2, 0) is 16.1 Å². The van der Waals surface area contributed by atoms with Gasteiger partial charge in [-0.15, -0.1) is 0 Å². The van der Waals surface area contributed by atoms with E-state index in [0.29, 0.717) is 33.5 Å². The van der Waals surface area contributed by atoms with E-state index >= 15 is 0 Å². The molecule has 5 aliphatic rings. The van der Waals surface area contributed by atoms with Crippen LogP contribution in [-0.4, -0.2) is 18.6 Å². The summed E-state index contributed by atoms with van der Waals surface area (Å²) in [6.45, 7) is 21.5. The van der Waals surface area contributed by atoms with Gasteiger partial charge in [0, 0.05) is 23.9 Å². The summed E-state index contributed by atoms with van der Waals surface area (Å²) in [6.07, 6.45) is 14.2. The summed E-state index contributed by atoms with van der Waals surface area (Å²) in [4.78, 5) is 12.0. The molecule has 4 heteroatoms. The maximum absolute atomic E-state index is 12.0. The van der Waals surface area contributed by atoms with Gasteiger partial charge in [-0.3, -0.25) is 4.79 Å². The number of esters is 1. The number of fused-ring (bicyclic) bond motifs is 7. The van der Waals surface area contributed by atoms with Crippen LogP contribution in [0, 0.1) is 50.7 Å². The second-order valence-corrected chi connectivity index (χ2v) is 17.9. The van der Waals surface area contributed by atoms with E-state index in [-0.39, 0.29) is 17.5 Å². The maximum Gasteiger partial charge on any atom is 0.302 e. The molecule has 0 heterocycles. The van der Waals surface area contributed by atoms with E-state index in [1.54, 1.807) is 6.92 Å². The first kappa shape index (κ1) is 32.6. The van der Waals surface area contributed by atoms with E-state index < -0.39 is 0 Å². The highest BCUT2D eigenvalue weighted by Crippen LogP contribution is 2.77. The van der Waals surface area contributed by atoms with Gasteiger partial charge in [-0.05, 0) is 140 Å². The fourth-order valence-electron chi connectivity index (χ4n) is 12.7. The molecule has 8 atom stereocenters. The van der Waals surface area contributed by atoms with Crippen molar-refractivity contribution in [2.45, 2.75) is 139 Å². The number of allylic oxidation sites excluding steroid dienone is 2. The zero-order valence-corrected chi connectivity index (χ0v) is 29.8. The van der Waals surface area contributed by atoms with Gasteiger partial charge in [-0.25, -0.2) is 0 Å². The molecule has 3 nitrogen and oxygen atoms in total. The van der Waals surface area contributed by atoms with E-state index in [9.17, 15) is 4.79 Å². The summed E-state index contributed by atoms with van der Waals surface area (Å²) in [7, 11) is 0. The van der Waals surface area contributed by atoms with Crippen LogP contribution in [0.4, 0.5) is 0 Å². The number of nitrogens with one attached hydrogen (secondary N) is 1. The second kappa shape index (κ2) is 11.4. The van der Waals surface area contributed by atoms with Crippen LogP contribution in [0.1, 0.15) is 132 Å². The van der Waals surface area contributed by atoms with Gasteiger partial charge in [0.25, 0.3) is 0 Å². The van der Waals surface area contributed by atoms with Crippen molar-refractivity contribution in [3.05, 3.63) is 46.0 Å². The largest absolute Gasteiger partial charge is 0.462 e. The van der Waals surface area contributed by atoms with E-state index in [4.69, 9.17) is 16.3 Å². The monoisotopic (exact) mass is 621 g/mol. The first-order chi connectivity index (χ1) is 20.7. The second-order valence-electron chi connectivity index (χ2n) is 17.5. The van der Waals surface area contributed by atoms with Gasteiger partial charge in [0.05, 0.1) is 0 Å². The number of rotatable bonds is 7. The molecule has 0 amide bonds. The summed E-state index contributed by atoms with van der Waals surface area (Å²) in [6, 6.07) is 8.30. The number of carbonyl (C=O) groups is 1. The molecule has 8 unspecified atom stereocenters. The number of ether oxygens (including phenoxy) is 1. The van der Waals surface area contributed by atoms with E-state index in [0.717, 1.165) is 36.4 Å². The number of hydrogen-bond donors (Lipinski definition) is 1. The number of hydrogen-bond acceptors (Lipinski definition) is 3. The Bertz CT molecular complexity index is 1280. The van der Waals surface area contributed by atoms with Crippen molar-refractivity contribution in [3.8, 4) is 0 Å². The molecule has 0 saturated heterocycles. The Morgan fingerprint density at radius 3 is 2.32 bits per heavy atom. The Morgan fingerprint density at radius 1 is 0.909 bits per heavy atom. The summed E-state index contributed by atoms with van der Waals surface area (Å²) in [5, 5.41) is 4.63. The average Bonchev–Trinajstić information content (AvgIpc) is 3.34. The summed E-state index contributed by atoms with van der Waals surface area (Å²) in [5.74, 6) is 2.60. The fourth-order valence-corrected chi connectivity index (χ4v) is 12.9. The lowest BCUT2D eigenvalue weighted by Crippen LogP contribution is -2.65. The van der Waals surface area contributed by atoms with Gasteiger partial charge >= 0.3 is 5.97 Å². The molecule has 1 aromatic rings. The molecular weight excluding hydrogens is 562 g/mol. The predicted octanol–water partition coefficient (Wildman–Crippen LogP) is 10.6. The van der Waals surface area contributed by atoms with Gasteiger partial charge in [-0.2, -0.15) is 0 Å². The highest BCUT2D eigenvalue weighted by atomic mass is 35.5. The van der Waals surface area contributed by atoms with E-state index in [1.165, 1.54) is 69.8 Å². The van der Waals surface area contributed by atoms with Gasteiger partial charge in [-0.1, -0.05) is 83.3 Å². The lowest BCUT2D eigenvalue weighted by molar-refractivity contribution is -0.232. The number of benzene rings is 1. The lowest BCUT2D eigenvalue weighted by atomic mass is 9.33. The van der Waals surface area contributed by atoms with Gasteiger partial charge in [0.2, 0.25) is 0 Å². The minimum Gasteiger partial charge on any atom is -0.462 e. The van der Waals surface area contributed by atoms with Gasteiger partial charge < -0.3 is 10.1 Å². The van der Waals surface area contributed by atoms with Crippen molar-refractivity contribution < 1.29 is 9.53 Å². The van der Waals surface area contributed by atoms with Crippen LogP contribution >= 0.6 is 11.6 Å². The molecule has 0 aliphatic heterocycles. The van der Waals surface area contributed by atoms with Crippen molar-refractivity contribution in [3.63, 3.8) is 0 Å². The maximum atomic E-state index is 12.0. The van der Waals surface area contributed by atoms with Crippen LogP contribution in [0.15, 0.2) is 35.4 Å². The third-order valence-electron chi connectivity index (χ3n) is 15.1. The standard InChI is InChI=1S/C40H60ClNO2/c1-26(2)30-15-20-40(23-24-42-25-28-9-11-29(41)12-10-28)22-21-38(7)31(35(30)40)13-14-33-37(6)18-17-34(44-27(3)43)36(4,5)32(37)16-19-39(33,38)8/h9-12,26,31-34,42H,13-25H2,1-8H3. The molecule has 4 fully saturated rings. The quantitative estimate of drug-likeness (QED) is 0.187. The topological polar surface area (TPSA) is 38.3 Å².